The van der Waals surface area contributed by atoms with Crippen molar-refractivity contribution in [3.63, 3.8) is 0 Å². The second-order valence-corrected chi connectivity index (χ2v) is 10.8. The first-order valence-corrected chi connectivity index (χ1v) is 14.8. The number of aromatic nitrogens is 3. The third-order valence-corrected chi connectivity index (χ3v) is 7.89. The Morgan fingerprint density at radius 1 is 0.738 bits per heavy atom. The SMILES string of the molecule is C[n+]1ccn(CCOCCOc2ccc(-c3nc(-c4ccccc4)c(N(c4ccccc4)c4ccccc4)s3)cc2)c1. The van der Waals surface area contributed by atoms with E-state index in [0.29, 0.717) is 19.8 Å². The fourth-order valence-corrected chi connectivity index (χ4v) is 5.86. The van der Waals surface area contributed by atoms with Gasteiger partial charge in [0, 0.05) is 22.5 Å². The molecule has 2 aromatic heterocycles. The van der Waals surface area contributed by atoms with E-state index in [9.17, 15) is 0 Å². The predicted octanol–water partition coefficient (Wildman–Crippen LogP) is 7.67. The fourth-order valence-electron chi connectivity index (χ4n) is 4.73. The van der Waals surface area contributed by atoms with Crippen LogP contribution in [-0.2, 0) is 18.3 Å². The van der Waals surface area contributed by atoms with Gasteiger partial charge in [-0.25, -0.2) is 14.1 Å². The summed E-state index contributed by atoms with van der Waals surface area (Å²) in [6.07, 6.45) is 6.09. The molecule has 0 aliphatic carbocycles. The molecule has 42 heavy (non-hydrogen) atoms. The Balaban J connectivity index is 1.21. The molecule has 0 radical (unpaired) electrons. The fraction of sp³-hybridized carbons (Fsp3) is 0.143. The van der Waals surface area contributed by atoms with Crippen molar-refractivity contribution in [2.75, 3.05) is 24.7 Å². The van der Waals surface area contributed by atoms with Gasteiger partial charge in [0.1, 0.15) is 47.0 Å². The standard InChI is InChI=1S/C35H33N4O2S/c1-37-21-22-38(27-37)23-24-40-25-26-41-32-19-17-29(18-20-32)34-36-33(28-11-5-2-6-12-28)35(42-34)39(30-13-7-3-8-14-30)31-15-9-4-10-16-31/h2-22,27H,23-26H2,1H3/q+1. The van der Waals surface area contributed by atoms with E-state index in [4.69, 9.17) is 14.5 Å². The molecule has 2 heterocycles. The Hall–Kier alpha value is -4.72. The first kappa shape index (κ1) is 27.4. The van der Waals surface area contributed by atoms with Gasteiger partial charge in [-0.05, 0) is 48.5 Å². The van der Waals surface area contributed by atoms with Crippen LogP contribution in [0.4, 0.5) is 16.4 Å². The van der Waals surface area contributed by atoms with Crippen LogP contribution in [0.3, 0.4) is 0 Å². The van der Waals surface area contributed by atoms with Crippen LogP contribution in [0.15, 0.2) is 134 Å². The second kappa shape index (κ2) is 13.3. The van der Waals surface area contributed by atoms with Crippen molar-refractivity contribution in [3.05, 3.63) is 134 Å². The number of thiazole rings is 1. The first-order chi connectivity index (χ1) is 20.7. The summed E-state index contributed by atoms with van der Waals surface area (Å²) in [7, 11) is 2.01. The van der Waals surface area contributed by atoms with E-state index in [1.807, 2.05) is 60.7 Å². The lowest BCUT2D eigenvalue weighted by atomic mass is 10.1. The maximum atomic E-state index is 5.94. The smallest absolute Gasteiger partial charge is 0.243 e. The molecule has 0 atom stereocenters. The number of para-hydroxylation sites is 2. The molecule has 0 unspecified atom stereocenters. The molecule has 0 bridgehead atoms. The van der Waals surface area contributed by atoms with Gasteiger partial charge in [0.2, 0.25) is 6.33 Å². The van der Waals surface area contributed by atoms with Crippen LogP contribution in [0.2, 0.25) is 0 Å². The van der Waals surface area contributed by atoms with E-state index in [1.54, 1.807) is 11.3 Å². The highest BCUT2D eigenvalue weighted by Crippen LogP contribution is 2.46. The zero-order valence-electron chi connectivity index (χ0n) is 23.5. The Kier molecular flexibility index (Phi) is 8.69. The number of ether oxygens (including phenoxy) is 2. The van der Waals surface area contributed by atoms with E-state index < -0.39 is 0 Å². The summed E-state index contributed by atoms with van der Waals surface area (Å²) in [5, 5.41) is 2.02. The number of hydrogen-bond donors (Lipinski definition) is 0. The number of benzene rings is 4. The van der Waals surface area contributed by atoms with Crippen molar-refractivity contribution in [1.29, 1.82) is 0 Å². The molecule has 0 fully saturated rings. The van der Waals surface area contributed by atoms with E-state index in [2.05, 4.69) is 94.4 Å². The average molecular weight is 574 g/mol. The molecule has 7 heteroatoms. The molecule has 0 saturated carbocycles. The van der Waals surface area contributed by atoms with Crippen LogP contribution in [0, 0.1) is 0 Å². The maximum absolute atomic E-state index is 5.94. The lowest BCUT2D eigenvalue weighted by Crippen LogP contribution is -2.24. The third kappa shape index (κ3) is 6.60. The number of anilines is 3. The number of aryl methyl sites for hydroxylation is 1. The van der Waals surface area contributed by atoms with Gasteiger partial charge in [0.05, 0.1) is 20.3 Å². The van der Waals surface area contributed by atoms with Crippen LogP contribution in [-0.4, -0.2) is 29.4 Å². The molecule has 0 N–H and O–H groups in total. The molecule has 0 spiro atoms. The average Bonchev–Trinajstić information content (AvgIpc) is 3.67. The predicted molar refractivity (Wildman–Crippen MR) is 170 cm³/mol. The number of imidazole rings is 1. The normalized spacial score (nSPS) is 11.0. The Morgan fingerprint density at radius 2 is 1.38 bits per heavy atom. The monoisotopic (exact) mass is 573 g/mol. The lowest BCUT2D eigenvalue weighted by Gasteiger charge is -2.24. The van der Waals surface area contributed by atoms with Gasteiger partial charge in [0.15, 0.2) is 0 Å². The van der Waals surface area contributed by atoms with Gasteiger partial charge in [-0.1, -0.05) is 78.1 Å². The highest BCUT2D eigenvalue weighted by atomic mass is 32.1. The second-order valence-electron chi connectivity index (χ2n) is 9.85. The third-order valence-electron chi connectivity index (χ3n) is 6.80. The van der Waals surface area contributed by atoms with Crippen LogP contribution in [0.5, 0.6) is 5.75 Å². The van der Waals surface area contributed by atoms with Crippen molar-refractivity contribution in [3.8, 4) is 27.6 Å². The highest BCUT2D eigenvalue weighted by molar-refractivity contribution is 7.19. The van der Waals surface area contributed by atoms with Gasteiger partial charge >= 0.3 is 0 Å². The minimum absolute atomic E-state index is 0.501. The number of rotatable bonds is 12. The molecule has 0 amide bonds. The van der Waals surface area contributed by atoms with Crippen LogP contribution in [0.25, 0.3) is 21.8 Å². The molecule has 210 valence electrons. The quantitative estimate of drug-likeness (QED) is 0.111. The largest absolute Gasteiger partial charge is 0.491 e. The van der Waals surface area contributed by atoms with Crippen molar-refractivity contribution in [2.24, 2.45) is 7.05 Å². The summed E-state index contributed by atoms with van der Waals surface area (Å²) in [6.45, 7) is 2.51. The summed E-state index contributed by atoms with van der Waals surface area (Å²) in [5.41, 5.74) is 5.26. The van der Waals surface area contributed by atoms with Crippen LogP contribution < -0.4 is 14.2 Å². The van der Waals surface area contributed by atoms with Gasteiger partial charge in [-0.15, -0.1) is 0 Å². The van der Waals surface area contributed by atoms with Gasteiger partial charge in [-0.3, -0.25) is 0 Å². The van der Waals surface area contributed by atoms with E-state index in [-0.39, 0.29) is 0 Å². The zero-order chi connectivity index (χ0) is 28.6. The summed E-state index contributed by atoms with van der Waals surface area (Å²) in [6, 6.07) is 39.5. The van der Waals surface area contributed by atoms with Crippen molar-refractivity contribution >= 4 is 27.7 Å². The molecule has 0 aliphatic heterocycles. The summed E-state index contributed by atoms with van der Waals surface area (Å²) in [5.74, 6) is 0.815. The van der Waals surface area contributed by atoms with E-state index in [1.165, 1.54) is 0 Å². The van der Waals surface area contributed by atoms with Crippen LogP contribution >= 0.6 is 11.3 Å². The van der Waals surface area contributed by atoms with Gasteiger partial charge < -0.3 is 14.4 Å². The van der Waals surface area contributed by atoms with Gasteiger partial charge in [-0.2, -0.15) is 0 Å². The Bertz CT molecular complexity index is 1640. The van der Waals surface area contributed by atoms with Crippen LogP contribution in [0.1, 0.15) is 0 Å². The number of hydrogen-bond acceptors (Lipinski definition) is 5. The van der Waals surface area contributed by atoms with Crippen molar-refractivity contribution < 1.29 is 14.0 Å². The first-order valence-electron chi connectivity index (χ1n) is 14.0. The van der Waals surface area contributed by atoms with Gasteiger partial charge in [0.25, 0.3) is 0 Å². The Morgan fingerprint density at radius 3 is 2.00 bits per heavy atom. The maximum Gasteiger partial charge on any atom is 0.243 e. The molecule has 6 aromatic rings. The van der Waals surface area contributed by atoms with Crippen molar-refractivity contribution in [2.45, 2.75) is 6.54 Å². The minimum atomic E-state index is 0.501. The molecule has 4 aromatic carbocycles. The minimum Gasteiger partial charge on any atom is -0.491 e. The molecule has 6 rings (SSSR count). The highest BCUT2D eigenvalue weighted by Gasteiger charge is 2.22. The zero-order valence-corrected chi connectivity index (χ0v) is 24.4. The molecule has 0 saturated heterocycles. The number of nitrogens with zero attached hydrogens (tertiary/aromatic N) is 4. The topological polar surface area (TPSA) is 43.4 Å². The van der Waals surface area contributed by atoms with Crippen molar-refractivity contribution in [1.82, 2.24) is 9.55 Å². The molecule has 0 aliphatic rings. The molecular weight excluding hydrogens is 540 g/mol. The molecule has 6 nitrogen and oxygen atoms in total. The summed E-state index contributed by atoms with van der Waals surface area (Å²) in [4.78, 5) is 7.48. The Labute approximate surface area is 250 Å². The van der Waals surface area contributed by atoms with E-state index >= 15 is 0 Å². The summed E-state index contributed by atoms with van der Waals surface area (Å²) < 4.78 is 15.8. The molecular formula is C35H33N4O2S+. The lowest BCUT2D eigenvalue weighted by molar-refractivity contribution is -0.671. The van der Waals surface area contributed by atoms with E-state index in [0.717, 1.165) is 50.5 Å². The summed E-state index contributed by atoms with van der Waals surface area (Å²) >= 11 is 1.69.